The van der Waals surface area contributed by atoms with E-state index in [0.717, 1.165) is 12.1 Å². The van der Waals surface area contributed by atoms with Gasteiger partial charge in [0.2, 0.25) is 0 Å². The Labute approximate surface area is 202 Å². The van der Waals surface area contributed by atoms with Crippen LogP contribution in [0.5, 0.6) is 11.5 Å². The van der Waals surface area contributed by atoms with Crippen LogP contribution in [0.2, 0.25) is 5.02 Å². The number of nitrogens with one attached hydrogen (secondary N) is 1. The van der Waals surface area contributed by atoms with Gasteiger partial charge in [0, 0.05) is 5.02 Å². The van der Waals surface area contributed by atoms with E-state index in [1.54, 1.807) is 42.5 Å². The Morgan fingerprint density at radius 3 is 2.26 bits per heavy atom. The van der Waals surface area contributed by atoms with Gasteiger partial charge in [-0.1, -0.05) is 29.8 Å². The largest absolute Gasteiger partial charge is 0.457 e. The molecule has 172 valence electrons. The zero-order valence-electron chi connectivity index (χ0n) is 17.1. The first-order valence-electron chi connectivity index (χ1n) is 9.74. The second-order valence-electron chi connectivity index (χ2n) is 7.13. The van der Waals surface area contributed by atoms with Crippen LogP contribution in [0.15, 0.2) is 78.4 Å². The molecule has 3 aromatic rings. The number of hydrogen-bond acceptors (Lipinski definition) is 4. The summed E-state index contributed by atoms with van der Waals surface area (Å²) in [5, 5.41) is 2.87. The molecule has 1 aliphatic rings. The van der Waals surface area contributed by atoms with Gasteiger partial charge in [-0.3, -0.25) is 19.8 Å². The monoisotopic (exact) mass is 502 g/mol. The minimum absolute atomic E-state index is 0.00891. The zero-order chi connectivity index (χ0) is 24.5. The number of nitrogens with zero attached hydrogens (tertiary/aromatic N) is 1. The van der Waals surface area contributed by atoms with Crippen molar-refractivity contribution in [2.24, 2.45) is 0 Å². The molecule has 0 aliphatic carbocycles. The van der Waals surface area contributed by atoms with Crippen LogP contribution in [-0.4, -0.2) is 16.9 Å². The summed E-state index contributed by atoms with van der Waals surface area (Å²) in [6.07, 6.45) is -3.15. The molecule has 0 bridgehead atoms. The SMILES string of the molecule is O=C1NC(=S)N(c2ccc(Cl)cc2)C(=O)C1=Cc1cccc(Oc2cccc(C(F)(F)F)c2)c1. The maximum absolute atomic E-state index is 13.1. The molecule has 1 heterocycles. The van der Waals surface area contributed by atoms with Gasteiger partial charge in [0.15, 0.2) is 5.11 Å². The molecule has 0 aromatic heterocycles. The summed E-state index contributed by atoms with van der Waals surface area (Å²) >= 11 is 11.1. The van der Waals surface area contributed by atoms with Crippen LogP contribution in [0.3, 0.4) is 0 Å². The van der Waals surface area contributed by atoms with Crippen LogP contribution in [0.25, 0.3) is 6.08 Å². The molecule has 1 fully saturated rings. The first kappa shape index (κ1) is 23.5. The number of hydrogen-bond donors (Lipinski definition) is 1. The molecule has 0 spiro atoms. The van der Waals surface area contributed by atoms with Crippen molar-refractivity contribution >= 4 is 52.5 Å². The molecule has 0 radical (unpaired) electrons. The van der Waals surface area contributed by atoms with Gasteiger partial charge >= 0.3 is 6.18 Å². The number of rotatable bonds is 4. The highest BCUT2D eigenvalue weighted by molar-refractivity contribution is 7.80. The van der Waals surface area contributed by atoms with E-state index in [0.29, 0.717) is 16.3 Å². The number of benzene rings is 3. The summed E-state index contributed by atoms with van der Waals surface area (Å²) in [5.41, 5.74) is -0.176. The van der Waals surface area contributed by atoms with E-state index in [4.69, 9.17) is 28.6 Å². The lowest BCUT2D eigenvalue weighted by atomic mass is 10.1. The van der Waals surface area contributed by atoms with Gasteiger partial charge in [0.25, 0.3) is 11.8 Å². The van der Waals surface area contributed by atoms with Gasteiger partial charge in [0.05, 0.1) is 11.3 Å². The molecule has 34 heavy (non-hydrogen) atoms. The van der Waals surface area contributed by atoms with Gasteiger partial charge in [-0.15, -0.1) is 0 Å². The average Bonchev–Trinajstić information content (AvgIpc) is 2.78. The number of thiocarbonyl (C=S) groups is 1. The van der Waals surface area contributed by atoms with Gasteiger partial charge in [-0.05, 0) is 78.5 Å². The first-order valence-corrected chi connectivity index (χ1v) is 10.5. The lowest BCUT2D eigenvalue weighted by Crippen LogP contribution is -2.54. The number of anilines is 1. The molecule has 3 aromatic carbocycles. The average molecular weight is 503 g/mol. The molecule has 10 heteroatoms. The molecule has 1 N–H and O–H groups in total. The Balaban J connectivity index is 1.62. The molecule has 2 amide bonds. The summed E-state index contributed by atoms with van der Waals surface area (Å²) < 4.78 is 44.4. The molecular weight excluding hydrogens is 489 g/mol. The quantitative estimate of drug-likeness (QED) is 0.271. The van der Waals surface area contributed by atoms with Crippen LogP contribution in [-0.2, 0) is 15.8 Å². The van der Waals surface area contributed by atoms with Crippen molar-refractivity contribution in [3.63, 3.8) is 0 Å². The minimum Gasteiger partial charge on any atom is -0.457 e. The van der Waals surface area contributed by atoms with E-state index in [1.807, 2.05) is 0 Å². The van der Waals surface area contributed by atoms with E-state index in [9.17, 15) is 22.8 Å². The number of amides is 2. The smallest absolute Gasteiger partial charge is 0.416 e. The van der Waals surface area contributed by atoms with Gasteiger partial charge < -0.3 is 4.74 Å². The molecule has 0 atom stereocenters. The number of halogens is 4. The van der Waals surface area contributed by atoms with Crippen molar-refractivity contribution < 1.29 is 27.5 Å². The lowest BCUT2D eigenvalue weighted by Gasteiger charge is -2.29. The van der Waals surface area contributed by atoms with Crippen LogP contribution in [0, 0.1) is 0 Å². The molecule has 5 nitrogen and oxygen atoms in total. The predicted molar refractivity (Wildman–Crippen MR) is 126 cm³/mol. The normalized spacial score (nSPS) is 15.5. The van der Waals surface area contributed by atoms with Crippen LogP contribution < -0.4 is 15.0 Å². The Kier molecular flexibility index (Phi) is 6.41. The second-order valence-corrected chi connectivity index (χ2v) is 7.96. The highest BCUT2D eigenvalue weighted by Crippen LogP contribution is 2.33. The summed E-state index contributed by atoms with van der Waals surface area (Å²) in [6.45, 7) is 0. The third-order valence-electron chi connectivity index (χ3n) is 4.75. The van der Waals surface area contributed by atoms with Crippen LogP contribution in [0.4, 0.5) is 18.9 Å². The second kappa shape index (κ2) is 9.28. The van der Waals surface area contributed by atoms with Gasteiger partial charge in [-0.2, -0.15) is 13.2 Å². The fraction of sp³-hybridized carbons (Fsp3) is 0.0417. The molecular formula is C24H14ClF3N2O3S. The summed E-state index contributed by atoms with van der Waals surface area (Å²) in [6, 6.07) is 17.0. The highest BCUT2D eigenvalue weighted by Gasteiger charge is 2.34. The van der Waals surface area contributed by atoms with Crippen molar-refractivity contribution in [2.45, 2.75) is 6.18 Å². The Hall–Kier alpha value is -3.69. The fourth-order valence-corrected chi connectivity index (χ4v) is 3.60. The van der Waals surface area contributed by atoms with E-state index in [1.165, 1.54) is 29.2 Å². The number of alkyl halides is 3. The predicted octanol–water partition coefficient (Wildman–Crippen LogP) is 5.98. The highest BCUT2D eigenvalue weighted by atomic mass is 35.5. The zero-order valence-corrected chi connectivity index (χ0v) is 18.7. The maximum atomic E-state index is 13.1. The fourth-order valence-electron chi connectivity index (χ4n) is 3.19. The van der Waals surface area contributed by atoms with Crippen molar-refractivity contribution in [3.05, 3.63) is 94.5 Å². The summed E-state index contributed by atoms with van der Waals surface area (Å²) in [4.78, 5) is 26.7. The van der Waals surface area contributed by atoms with Gasteiger partial charge in [0.1, 0.15) is 17.1 Å². The molecule has 0 saturated carbocycles. The number of carbonyl (C=O) groups is 2. The topological polar surface area (TPSA) is 58.6 Å². The molecule has 4 rings (SSSR count). The van der Waals surface area contributed by atoms with E-state index >= 15 is 0 Å². The van der Waals surface area contributed by atoms with E-state index < -0.39 is 23.6 Å². The molecule has 0 unspecified atom stereocenters. The molecule has 1 saturated heterocycles. The maximum Gasteiger partial charge on any atom is 0.416 e. The van der Waals surface area contributed by atoms with E-state index in [-0.39, 0.29) is 22.2 Å². The van der Waals surface area contributed by atoms with E-state index in [2.05, 4.69) is 5.32 Å². The Morgan fingerprint density at radius 2 is 1.59 bits per heavy atom. The van der Waals surface area contributed by atoms with Crippen LogP contribution in [0.1, 0.15) is 11.1 Å². The van der Waals surface area contributed by atoms with Crippen molar-refractivity contribution in [1.82, 2.24) is 5.32 Å². The summed E-state index contributed by atoms with van der Waals surface area (Å²) in [5.74, 6) is -1.10. The lowest BCUT2D eigenvalue weighted by molar-refractivity contribution is -0.137. The van der Waals surface area contributed by atoms with Crippen molar-refractivity contribution in [3.8, 4) is 11.5 Å². The standard InChI is InChI=1S/C24H14ClF3N2O3S/c25-16-7-9-17(10-8-16)30-22(32)20(21(31)29-23(30)34)12-14-3-1-5-18(11-14)33-19-6-2-4-15(13-19)24(26,27)28/h1-13H,(H,29,31,34). The van der Waals surface area contributed by atoms with Crippen molar-refractivity contribution in [1.29, 1.82) is 0 Å². The Morgan fingerprint density at radius 1 is 0.941 bits per heavy atom. The van der Waals surface area contributed by atoms with Crippen LogP contribution >= 0.6 is 23.8 Å². The minimum atomic E-state index is -4.50. The first-order chi connectivity index (χ1) is 16.1. The number of ether oxygens (including phenoxy) is 1. The summed E-state index contributed by atoms with van der Waals surface area (Å²) in [7, 11) is 0. The van der Waals surface area contributed by atoms with Crippen molar-refractivity contribution in [2.75, 3.05) is 4.90 Å². The third kappa shape index (κ3) is 5.11. The Bertz CT molecular complexity index is 1320. The number of carbonyl (C=O) groups excluding carboxylic acids is 2. The molecule has 1 aliphatic heterocycles. The third-order valence-corrected chi connectivity index (χ3v) is 5.29. The van der Waals surface area contributed by atoms with Gasteiger partial charge in [-0.25, -0.2) is 0 Å².